The molecule has 0 aromatic carbocycles. The highest BCUT2D eigenvalue weighted by Crippen LogP contribution is 2.41. The minimum atomic E-state index is -1.61. The zero-order valence-electron chi connectivity index (χ0n) is 10.1. The van der Waals surface area contributed by atoms with Crippen molar-refractivity contribution >= 4 is 8.32 Å². The number of hydrogen-bond donors (Lipinski definition) is 1. The Balaban J connectivity index is 2.51. The maximum absolute atomic E-state index is 9.09. The van der Waals surface area contributed by atoms with Crippen molar-refractivity contribution in [1.29, 1.82) is 0 Å². The Morgan fingerprint density at radius 1 is 1.29 bits per heavy atom. The van der Waals surface area contributed by atoms with Gasteiger partial charge in [-0.05, 0) is 31.0 Å². The molecule has 0 bridgehead atoms. The average Bonchev–Trinajstić information content (AvgIpc) is 1.97. The van der Waals surface area contributed by atoms with E-state index in [-0.39, 0.29) is 5.04 Å². The Hall–Kier alpha value is 0.137. The lowest BCUT2D eigenvalue weighted by atomic mass is 9.83. The first-order valence-corrected chi connectivity index (χ1v) is 8.47. The summed E-state index contributed by atoms with van der Waals surface area (Å²) in [6.45, 7) is 11.6. The van der Waals surface area contributed by atoms with Gasteiger partial charge in [0.1, 0.15) is 0 Å². The molecule has 0 aliphatic heterocycles. The van der Waals surface area contributed by atoms with Gasteiger partial charge in [0.05, 0.1) is 6.10 Å². The van der Waals surface area contributed by atoms with E-state index in [1.807, 2.05) is 0 Å². The third kappa shape index (κ3) is 2.38. The SMILES string of the molecule is CC(C)(C)[Si](C)(C)O[C@@H]1CC[C@H]1CO. The van der Waals surface area contributed by atoms with Crippen molar-refractivity contribution < 1.29 is 9.53 Å². The summed E-state index contributed by atoms with van der Waals surface area (Å²) >= 11 is 0. The second-order valence-corrected chi connectivity index (χ2v) is 10.7. The minimum absolute atomic E-state index is 0.280. The standard InChI is InChI=1S/C11H24O2Si/c1-11(2,3)14(4,5)13-10-7-6-9(10)8-12/h9-10,12H,6-8H2,1-5H3/t9-,10+/m0/s1. The van der Waals surface area contributed by atoms with Crippen LogP contribution in [0.25, 0.3) is 0 Å². The molecular formula is C11H24O2Si. The van der Waals surface area contributed by atoms with Gasteiger partial charge in [-0.15, -0.1) is 0 Å². The van der Waals surface area contributed by atoms with Crippen LogP contribution in [0.15, 0.2) is 0 Å². The first-order valence-electron chi connectivity index (χ1n) is 5.56. The van der Waals surface area contributed by atoms with Gasteiger partial charge < -0.3 is 9.53 Å². The maximum Gasteiger partial charge on any atom is 0.192 e. The Morgan fingerprint density at radius 3 is 2.14 bits per heavy atom. The quantitative estimate of drug-likeness (QED) is 0.735. The third-order valence-electron chi connectivity index (χ3n) is 3.83. The monoisotopic (exact) mass is 216 g/mol. The predicted octanol–water partition coefficient (Wildman–Crippen LogP) is 2.78. The maximum atomic E-state index is 9.09. The van der Waals surface area contributed by atoms with Crippen LogP contribution in [0.2, 0.25) is 18.1 Å². The van der Waals surface area contributed by atoms with Crippen molar-refractivity contribution in [3.05, 3.63) is 0 Å². The number of rotatable bonds is 3. The fraction of sp³-hybridized carbons (Fsp3) is 1.00. The van der Waals surface area contributed by atoms with E-state index in [1.165, 1.54) is 0 Å². The summed E-state index contributed by atoms with van der Waals surface area (Å²) in [4.78, 5) is 0. The molecule has 14 heavy (non-hydrogen) atoms. The van der Waals surface area contributed by atoms with Gasteiger partial charge in [0, 0.05) is 12.5 Å². The summed E-state index contributed by atoms with van der Waals surface area (Å²) in [6.07, 6.45) is 2.61. The van der Waals surface area contributed by atoms with Crippen LogP contribution >= 0.6 is 0 Å². The van der Waals surface area contributed by atoms with Gasteiger partial charge in [-0.2, -0.15) is 0 Å². The summed E-state index contributed by atoms with van der Waals surface area (Å²) in [5.41, 5.74) is 0. The number of aliphatic hydroxyl groups is 1. The molecular weight excluding hydrogens is 192 g/mol. The van der Waals surface area contributed by atoms with Crippen LogP contribution in [-0.4, -0.2) is 26.1 Å². The average molecular weight is 216 g/mol. The van der Waals surface area contributed by atoms with Gasteiger partial charge >= 0.3 is 0 Å². The molecule has 1 N–H and O–H groups in total. The van der Waals surface area contributed by atoms with Crippen LogP contribution in [0.1, 0.15) is 33.6 Å². The lowest BCUT2D eigenvalue weighted by Gasteiger charge is -2.45. The molecule has 0 radical (unpaired) electrons. The summed E-state index contributed by atoms with van der Waals surface area (Å²) in [5.74, 6) is 0.407. The van der Waals surface area contributed by atoms with Gasteiger partial charge in [0.2, 0.25) is 0 Å². The predicted molar refractivity (Wildman–Crippen MR) is 61.9 cm³/mol. The molecule has 2 atom stereocenters. The molecule has 0 aromatic rings. The normalized spacial score (nSPS) is 28.7. The third-order valence-corrected chi connectivity index (χ3v) is 8.34. The lowest BCUT2D eigenvalue weighted by molar-refractivity contribution is 0.00189. The zero-order valence-corrected chi connectivity index (χ0v) is 11.1. The van der Waals surface area contributed by atoms with E-state index in [0.29, 0.717) is 18.6 Å². The summed E-state index contributed by atoms with van der Waals surface area (Å²) in [6, 6.07) is 0. The molecule has 0 unspecified atom stereocenters. The van der Waals surface area contributed by atoms with Crippen molar-refractivity contribution in [2.45, 2.75) is 57.8 Å². The van der Waals surface area contributed by atoms with Crippen molar-refractivity contribution in [2.24, 2.45) is 5.92 Å². The number of aliphatic hydroxyl groups excluding tert-OH is 1. The summed E-state index contributed by atoms with van der Waals surface area (Å²) in [7, 11) is -1.61. The van der Waals surface area contributed by atoms with Crippen molar-refractivity contribution in [1.82, 2.24) is 0 Å². The molecule has 0 saturated heterocycles. The van der Waals surface area contributed by atoms with E-state index in [2.05, 4.69) is 33.9 Å². The molecule has 0 amide bonds. The molecule has 0 aromatic heterocycles. The van der Waals surface area contributed by atoms with Crippen LogP contribution in [0.3, 0.4) is 0 Å². The summed E-state index contributed by atoms with van der Waals surface area (Å²) in [5, 5.41) is 9.37. The molecule has 84 valence electrons. The summed E-state index contributed by atoms with van der Waals surface area (Å²) < 4.78 is 6.22. The minimum Gasteiger partial charge on any atom is -0.414 e. The Bertz CT molecular complexity index is 194. The van der Waals surface area contributed by atoms with E-state index >= 15 is 0 Å². The van der Waals surface area contributed by atoms with E-state index in [0.717, 1.165) is 12.8 Å². The topological polar surface area (TPSA) is 29.5 Å². The second kappa shape index (κ2) is 3.95. The van der Waals surface area contributed by atoms with Crippen LogP contribution in [0.5, 0.6) is 0 Å². The zero-order chi connectivity index (χ0) is 11.0. The lowest BCUT2D eigenvalue weighted by Crippen LogP contribution is -2.49. The Morgan fingerprint density at radius 2 is 1.86 bits per heavy atom. The molecule has 1 saturated carbocycles. The first-order chi connectivity index (χ1) is 6.28. The molecule has 1 aliphatic rings. The van der Waals surface area contributed by atoms with Crippen molar-refractivity contribution in [3.63, 3.8) is 0 Å². The highest BCUT2D eigenvalue weighted by molar-refractivity contribution is 6.74. The molecule has 2 nitrogen and oxygen atoms in total. The first kappa shape index (κ1) is 12.2. The highest BCUT2D eigenvalue weighted by atomic mass is 28.4. The molecule has 1 aliphatic carbocycles. The van der Waals surface area contributed by atoms with Gasteiger partial charge in [-0.25, -0.2) is 0 Å². The van der Waals surface area contributed by atoms with Gasteiger partial charge in [-0.3, -0.25) is 0 Å². The molecule has 1 fully saturated rings. The van der Waals surface area contributed by atoms with E-state index in [4.69, 9.17) is 9.53 Å². The molecule has 3 heteroatoms. The Kier molecular flexibility index (Phi) is 3.44. The molecule has 1 rings (SSSR count). The van der Waals surface area contributed by atoms with Gasteiger partial charge in [-0.1, -0.05) is 20.8 Å². The molecule has 0 heterocycles. The van der Waals surface area contributed by atoms with Crippen molar-refractivity contribution in [3.8, 4) is 0 Å². The fourth-order valence-electron chi connectivity index (χ4n) is 1.46. The second-order valence-electron chi connectivity index (χ2n) is 5.94. The van der Waals surface area contributed by atoms with Crippen LogP contribution in [0, 0.1) is 5.92 Å². The highest BCUT2D eigenvalue weighted by Gasteiger charge is 2.42. The van der Waals surface area contributed by atoms with E-state index in [1.54, 1.807) is 0 Å². The fourth-order valence-corrected chi connectivity index (χ4v) is 2.88. The van der Waals surface area contributed by atoms with Crippen LogP contribution in [0.4, 0.5) is 0 Å². The van der Waals surface area contributed by atoms with Crippen LogP contribution in [-0.2, 0) is 4.43 Å². The van der Waals surface area contributed by atoms with Gasteiger partial charge in [0.25, 0.3) is 0 Å². The largest absolute Gasteiger partial charge is 0.414 e. The smallest absolute Gasteiger partial charge is 0.192 e. The molecule has 0 spiro atoms. The number of hydrogen-bond acceptors (Lipinski definition) is 2. The van der Waals surface area contributed by atoms with E-state index in [9.17, 15) is 0 Å². The van der Waals surface area contributed by atoms with Crippen molar-refractivity contribution in [2.75, 3.05) is 6.61 Å². The van der Waals surface area contributed by atoms with E-state index < -0.39 is 8.32 Å². The van der Waals surface area contributed by atoms with Gasteiger partial charge in [0.15, 0.2) is 8.32 Å². The van der Waals surface area contributed by atoms with Crippen LogP contribution < -0.4 is 0 Å². The Labute approximate surface area is 88.8 Å².